The molecule has 7 heteroatoms. The smallest absolute Gasteiger partial charge is 0.204 e. The quantitative estimate of drug-likeness (QED) is 0.548. The topological polar surface area (TPSA) is 55.7 Å². The van der Waals surface area contributed by atoms with Crippen LogP contribution < -0.4 is 14.9 Å². The number of halogens is 1. The second kappa shape index (κ2) is 6.85. The van der Waals surface area contributed by atoms with Crippen LogP contribution in [0.4, 0.5) is 5.13 Å². The Balaban J connectivity index is 1.79. The van der Waals surface area contributed by atoms with Gasteiger partial charge < -0.3 is 9.47 Å². The van der Waals surface area contributed by atoms with Crippen molar-refractivity contribution in [3.8, 4) is 11.5 Å². The highest BCUT2D eigenvalue weighted by molar-refractivity contribution is 7.22. The van der Waals surface area contributed by atoms with Gasteiger partial charge in [0.1, 0.15) is 0 Å². The summed E-state index contributed by atoms with van der Waals surface area (Å²) in [6, 6.07) is 11.4. The third kappa shape index (κ3) is 3.38. The van der Waals surface area contributed by atoms with Crippen molar-refractivity contribution in [3.05, 3.63) is 47.0 Å². The Labute approximate surface area is 142 Å². The van der Waals surface area contributed by atoms with Crippen LogP contribution >= 0.6 is 22.9 Å². The summed E-state index contributed by atoms with van der Waals surface area (Å²) in [5, 5.41) is 5.44. The van der Waals surface area contributed by atoms with Gasteiger partial charge in [-0.25, -0.2) is 4.98 Å². The lowest BCUT2D eigenvalue weighted by molar-refractivity contribution is 0.355. The van der Waals surface area contributed by atoms with Crippen LogP contribution in [0.5, 0.6) is 11.5 Å². The molecular weight excluding hydrogens is 334 g/mol. The minimum Gasteiger partial charge on any atom is -0.493 e. The molecule has 23 heavy (non-hydrogen) atoms. The van der Waals surface area contributed by atoms with Crippen molar-refractivity contribution in [2.45, 2.75) is 0 Å². The number of hydrogen-bond donors (Lipinski definition) is 1. The predicted octanol–water partition coefficient (Wildman–Crippen LogP) is 4.41. The zero-order chi connectivity index (χ0) is 16.2. The fraction of sp³-hybridized carbons (Fsp3) is 0.125. The summed E-state index contributed by atoms with van der Waals surface area (Å²) < 4.78 is 11.6. The van der Waals surface area contributed by atoms with E-state index in [0.717, 1.165) is 20.9 Å². The first-order valence-corrected chi connectivity index (χ1v) is 7.97. The van der Waals surface area contributed by atoms with Crippen LogP contribution in [-0.2, 0) is 0 Å². The van der Waals surface area contributed by atoms with Gasteiger partial charge in [-0.15, -0.1) is 0 Å². The van der Waals surface area contributed by atoms with Gasteiger partial charge in [0.15, 0.2) is 11.5 Å². The number of methoxy groups -OCH3 is 2. The number of hydrogen-bond acceptors (Lipinski definition) is 6. The minimum absolute atomic E-state index is 0.525. The number of nitrogens with one attached hydrogen (secondary N) is 1. The van der Waals surface area contributed by atoms with E-state index in [1.54, 1.807) is 32.6 Å². The molecule has 1 aromatic heterocycles. The lowest BCUT2D eigenvalue weighted by atomic mass is 10.2. The predicted molar refractivity (Wildman–Crippen MR) is 95.4 cm³/mol. The molecule has 0 amide bonds. The van der Waals surface area contributed by atoms with Gasteiger partial charge in [0.25, 0.3) is 0 Å². The first kappa shape index (κ1) is 15.6. The van der Waals surface area contributed by atoms with E-state index in [2.05, 4.69) is 15.5 Å². The Morgan fingerprint density at radius 2 is 1.91 bits per heavy atom. The molecule has 0 fully saturated rings. The van der Waals surface area contributed by atoms with Gasteiger partial charge in [-0.1, -0.05) is 35.1 Å². The van der Waals surface area contributed by atoms with Gasteiger partial charge in [0.05, 0.1) is 35.7 Å². The fourth-order valence-electron chi connectivity index (χ4n) is 2.05. The van der Waals surface area contributed by atoms with Gasteiger partial charge in [0, 0.05) is 11.6 Å². The molecule has 0 aliphatic heterocycles. The SMILES string of the molecule is COc1cc(Cl)c(/C=N\Nc2nc3ccccc3s2)cc1OC. The molecule has 0 atom stereocenters. The van der Waals surface area contributed by atoms with Gasteiger partial charge >= 0.3 is 0 Å². The maximum absolute atomic E-state index is 6.22. The normalized spacial score (nSPS) is 11.1. The standard InChI is InChI=1S/C16H14ClN3O2S/c1-21-13-7-10(11(17)8-14(13)22-2)9-18-20-16-19-12-5-3-4-6-15(12)23-16/h3-9H,1-2H3,(H,19,20)/b18-9-. The van der Waals surface area contributed by atoms with E-state index < -0.39 is 0 Å². The van der Waals surface area contributed by atoms with E-state index in [1.807, 2.05) is 24.3 Å². The van der Waals surface area contributed by atoms with Crippen LogP contribution in [0.1, 0.15) is 5.56 Å². The van der Waals surface area contributed by atoms with Crippen LogP contribution in [0.3, 0.4) is 0 Å². The van der Waals surface area contributed by atoms with E-state index in [4.69, 9.17) is 21.1 Å². The molecule has 118 valence electrons. The van der Waals surface area contributed by atoms with Gasteiger partial charge in [0.2, 0.25) is 5.13 Å². The lowest BCUT2D eigenvalue weighted by Gasteiger charge is -2.09. The first-order chi connectivity index (χ1) is 11.2. The minimum atomic E-state index is 0.525. The van der Waals surface area contributed by atoms with Crippen molar-refractivity contribution in [1.82, 2.24) is 4.98 Å². The van der Waals surface area contributed by atoms with Crippen molar-refractivity contribution in [3.63, 3.8) is 0 Å². The summed E-state index contributed by atoms with van der Waals surface area (Å²) >= 11 is 7.75. The Hall–Kier alpha value is -2.31. The van der Waals surface area contributed by atoms with E-state index >= 15 is 0 Å². The number of aromatic nitrogens is 1. The summed E-state index contributed by atoms with van der Waals surface area (Å²) in [5.74, 6) is 1.17. The highest BCUT2D eigenvalue weighted by Gasteiger charge is 2.08. The summed E-state index contributed by atoms with van der Waals surface area (Å²) in [5.41, 5.74) is 4.59. The summed E-state index contributed by atoms with van der Waals surface area (Å²) in [7, 11) is 3.14. The van der Waals surface area contributed by atoms with E-state index in [9.17, 15) is 0 Å². The molecule has 2 aromatic carbocycles. The van der Waals surface area contributed by atoms with Crippen LogP contribution in [0, 0.1) is 0 Å². The second-order valence-electron chi connectivity index (χ2n) is 4.59. The number of fused-ring (bicyclic) bond motifs is 1. The van der Waals surface area contributed by atoms with Crippen molar-refractivity contribution >= 4 is 44.5 Å². The Morgan fingerprint density at radius 1 is 1.17 bits per heavy atom. The van der Waals surface area contributed by atoms with Gasteiger partial charge in [-0.05, 0) is 18.2 Å². The first-order valence-electron chi connectivity index (χ1n) is 6.77. The molecule has 0 radical (unpaired) electrons. The number of rotatable bonds is 5. The number of anilines is 1. The maximum Gasteiger partial charge on any atom is 0.204 e. The average Bonchev–Trinajstić information content (AvgIpc) is 2.98. The number of para-hydroxylation sites is 1. The van der Waals surface area contributed by atoms with Gasteiger partial charge in [-0.3, -0.25) is 5.43 Å². The van der Waals surface area contributed by atoms with Crippen molar-refractivity contribution in [2.24, 2.45) is 5.10 Å². The van der Waals surface area contributed by atoms with E-state index in [-0.39, 0.29) is 0 Å². The summed E-state index contributed by atoms with van der Waals surface area (Å²) in [6.45, 7) is 0. The molecule has 0 bridgehead atoms. The number of nitrogens with zero attached hydrogens (tertiary/aromatic N) is 2. The molecule has 0 saturated carbocycles. The number of thiazole rings is 1. The number of ether oxygens (including phenoxy) is 2. The Morgan fingerprint density at radius 3 is 2.65 bits per heavy atom. The Bertz CT molecular complexity index is 831. The van der Waals surface area contributed by atoms with Crippen LogP contribution in [0.15, 0.2) is 41.5 Å². The lowest BCUT2D eigenvalue weighted by Crippen LogP contribution is -1.95. The molecule has 0 aliphatic rings. The number of benzene rings is 2. The van der Waals surface area contributed by atoms with Crippen LogP contribution in [0.25, 0.3) is 10.2 Å². The van der Waals surface area contributed by atoms with Gasteiger partial charge in [-0.2, -0.15) is 5.10 Å². The third-order valence-electron chi connectivity index (χ3n) is 3.16. The fourth-order valence-corrected chi connectivity index (χ4v) is 3.06. The van der Waals surface area contributed by atoms with Crippen molar-refractivity contribution in [2.75, 3.05) is 19.6 Å². The Kier molecular flexibility index (Phi) is 4.64. The summed E-state index contributed by atoms with van der Waals surface area (Å²) in [6.07, 6.45) is 1.62. The van der Waals surface area contributed by atoms with Crippen LogP contribution in [0.2, 0.25) is 5.02 Å². The third-order valence-corrected chi connectivity index (χ3v) is 4.43. The largest absolute Gasteiger partial charge is 0.493 e. The molecule has 0 spiro atoms. The second-order valence-corrected chi connectivity index (χ2v) is 6.02. The molecule has 0 unspecified atom stereocenters. The molecule has 0 saturated heterocycles. The maximum atomic E-state index is 6.22. The van der Waals surface area contributed by atoms with E-state index in [1.165, 1.54) is 11.3 Å². The van der Waals surface area contributed by atoms with Crippen molar-refractivity contribution in [1.29, 1.82) is 0 Å². The highest BCUT2D eigenvalue weighted by atomic mass is 35.5. The summed E-state index contributed by atoms with van der Waals surface area (Å²) in [4.78, 5) is 4.44. The zero-order valence-electron chi connectivity index (χ0n) is 12.5. The van der Waals surface area contributed by atoms with Crippen LogP contribution in [-0.4, -0.2) is 25.4 Å². The molecule has 1 N–H and O–H groups in total. The molecule has 5 nitrogen and oxygen atoms in total. The number of hydrazone groups is 1. The highest BCUT2D eigenvalue weighted by Crippen LogP contribution is 2.32. The van der Waals surface area contributed by atoms with E-state index in [0.29, 0.717) is 16.5 Å². The van der Waals surface area contributed by atoms with Crippen molar-refractivity contribution < 1.29 is 9.47 Å². The molecule has 0 aliphatic carbocycles. The average molecular weight is 348 g/mol. The molecule has 1 heterocycles. The zero-order valence-corrected chi connectivity index (χ0v) is 14.1. The monoisotopic (exact) mass is 347 g/mol. The molecular formula is C16H14ClN3O2S. The molecule has 3 rings (SSSR count). The molecule has 3 aromatic rings.